The van der Waals surface area contributed by atoms with E-state index in [0.29, 0.717) is 0 Å². The molecule has 0 N–H and O–H groups in total. The lowest BCUT2D eigenvalue weighted by Gasteiger charge is -2.30. The van der Waals surface area contributed by atoms with Crippen molar-refractivity contribution in [2.24, 2.45) is 0 Å². The molecule has 1 spiro atoms. The highest BCUT2D eigenvalue weighted by Crippen LogP contribution is 2.63. The average molecular weight is 748 g/mol. The molecule has 3 heterocycles. The third-order valence-corrected chi connectivity index (χ3v) is 13.5. The minimum absolute atomic E-state index is 0.420. The van der Waals surface area contributed by atoms with E-state index in [1.807, 2.05) is 0 Å². The minimum atomic E-state index is -0.420. The number of hydrogen-bond acceptors (Lipinski definition) is 1. The van der Waals surface area contributed by atoms with Gasteiger partial charge in [0.1, 0.15) is 5.82 Å². The molecule has 0 aliphatic heterocycles. The zero-order chi connectivity index (χ0) is 38.4. The first-order chi connectivity index (χ1) is 29.3. The van der Waals surface area contributed by atoms with Crippen LogP contribution >= 0.6 is 0 Å². The average Bonchev–Trinajstić information content (AvgIpc) is 4.09. The summed E-state index contributed by atoms with van der Waals surface area (Å²) in [5.41, 5.74) is 20.5. The lowest BCUT2D eigenvalue weighted by Crippen LogP contribution is -2.26. The Hall–Kier alpha value is -7.75. The van der Waals surface area contributed by atoms with Crippen LogP contribution in [0.3, 0.4) is 0 Å². The number of imidazole rings is 1. The molecule has 0 atom stereocenters. The standard InChI is InChI=1S/C56H33N3/c1-5-21-46-38(15-1)39-16-2-6-22-47(39)56(46)48-23-7-3-17-40(48)41-29-28-37(33-49(41)56)58-53-26-10-8-24-50(53)57-55(58)36-14-11-13-34(31-36)35-27-30-52-45(32-35)44-20-12-19-43-42-18-4-9-25-51(42)59(52)54(43)44/h1-33H. The van der Waals surface area contributed by atoms with Gasteiger partial charge in [-0.25, -0.2) is 4.98 Å². The van der Waals surface area contributed by atoms with Crippen molar-refractivity contribution in [2.45, 2.75) is 5.41 Å². The molecule has 0 amide bonds. The van der Waals surface area contributed by atoms with Gasteiger partial charge in [0.05, 0.1) is 33.0 Å². The summed E-state index contributed by atoms with van der Waals surface area (Å²) in [6, 6.07) is 74.1. The van der Waals surface area contributed by atoms with Gasteiger partial charge in [-0.05, 0) is 104 Å². The molecule has 0 fully saturated rings. The van der Waals surface area contributed by atoms with Crippen LogP contribution in [0.15, 0.2) is 200 Å². The first kappa shape index (κ1) is 31.3. The number of benzene rings is 9. The predicted octanol–water partition coefficient (Wildman–Crippen LogP) is 13.9. The van der Waals surface area contributed by atoms with E-state index in [1.54, 1.807) is 0 Å². The number of nitrogens with zero attached hydrogens (tertiary/aromatic N) is 3. The van der Waals surface area contributed by atoms with Crippen molar-refractivity contribution in [1.29, 1.82) is 0 Å². The molecule has 14 rings (SSSR count). The Labute approximate surface area is 340 Å². The molecule has 0 radical (unpaired) electrons. The number of fused-ring (bicyclic) bond motifs is 17. The lowest BCUT2D eigenvalue weighted by atomic mass is 9.70. The highest BCUT2D eigenvalue weighted by atomic mass is 15.1. The summed E-state index contributed by atoms with van der Waals surface area (Å²) in [5.74, 6) is 0.929. The molecule has 9 aromatic carbocycles. The second kappa shape index (κ2) is 11.2. The van der Waals surface area contributed by atoms with Gasteiger partial charge in [0.15, 0.2) is 0 Å². The van der Waals surface area contributed by atoms with Gasteiger partial charge in [0, 0.05) is 32.8 Å². The smallest absolute Gasteiger partial charge is 0.145 e. The Kier molecular flexibility index (Phi) is 5.96. The van der Waals surface area contributed by atoms with E-state index in [-0.39, 0.29) is 0 Å². The summed E-state index contributed by atoms with van der Waals surface area (Å²) >= 11 is 0. The van der Waals surface area contributed by atoms with Crippen LogP contribution in [-0.4, -0.2) is 14.0 Å². The number of para-hydroxylation sites is 4. The van der Waals surface area contributed by atoms with E-state index in [0.717, 1.165) is 28.1 Å². The molecule has 3 nitrogen and oxygen atoms in total. The third kappa shape index (κ3) is 3.90. The fraction of sp³-hybridized carbons (Fsp3) is 0.0179. The highest BCUT2D eigenvalue weighted by molar-refractivity contribution is 6.23. The normalized spacial score (nSPS) is 13.6. The van der Waals surface area contributed by atoms with Crippen molar-refractivity contribution in [3.8, 4) is 50.5 Å². The van der Waals surface area contributed by atoms with E-state index < -0.39 is 5.41 Å². The van der Waals surface area contributed by atoms with Crippen LogP contribution in [0, 0.1) is 0 Å². The van der Waals surface area contributed by atoms with Crippen molar-refractivity contribution < 1.29 is 0 Å². The van der Waals surface area contributed by atoms with Crippen LogP contribution in [0.5, 0.6) is 0 Å². The van der Waals surface area contributed by atoms with Crippen molar-refractivity contribution in [1.82, 2.24) is 14.0 Å². The maximum atomic E-state index is 5.38. The third-order valence-electron chi connectivity index (χ3n) is 13.5. The van der Waals surface area contributed by atoms with E-state index in [9.17, 15) is 0 Å². The summed E-state index contributed by atoms with van der Waals surface area (Å²) in [6.45, 7) is 0. The van der Waals surface area contributed by atoms with E-state index in [1.165, 1.54) is 93.7 Å². The summed E-state index contributed by atoms with van der Waals surface area (Å²) in [7, 11) is 0. The van der Waals surface area contributed by atoms with Crippen molar-refractivity contribution in [2.75, 3.05) is 0 Å². The van der Waals surface area contributed by atoms with Gasteiger partial charge in [0.2, 0.25) is 0 Å². The van der Waals surface area contributed by atoms with Crippen LogP contribution in [0.4, 0.5) is 0 Å². The van der Waals surface area contributed by atoms with Gasteiger partial charge < -0.3 is 4.40 Å². The zero-order valence-electron chi connectivity index (χ0n) is 31.9. The maximum Gasteiger partial charge on any atom is 0.145 e. The van der Waals surface area contributed by atoms with Crippen LogP contribution in [-0.2, 0) is 5.41 Å². The first-order valence-corrected chi connectivity index (χ1v) is 20.5. The molecule has 2 aliphatic carbocycles. The van der Waals surface area contributed by atoms with Crippen molar-refractivity contribution in [3.05, 3.63) is 222 Å². The molecule has 0 saturated carbocycles. The Morgan fingerprint density at radius 2 is 0.915 bits per heavy atom. The fourth-order valence-electron chi connectivity index (χ4n) is 11.2. The second-order valence-electron chi connectivity index (χ2n) is 16.2. The zero-order valence-corrected chi connectivity index (χ0v) is 31.9. The Morgan fingerprint density at radius 1 is 0.356 bits per heavy atom. The van der Waals surface area contributed by atoms with Crippen LogP contribution in [0.1, 0.15) is 22.3 Å². The maximum absolute atomic E-state index is 5.38. The fourth-order valence-corrected chi connectivity index (χ4v) is 11.2. The van der Waals surface area contributed by atoms with Crippen molar-refractivity contribution >= 4 is 49.1 Å². The molecule has 3 aromatic heterocycles. The quantitative estimate of drug-likeness (QED) is 0.176. The van der Waals surface area contributed by atoms with Crippen LogP contribution < -0.4 is 0 Å². The molecule has 12 aromatic rings. The first-order valence-electron chi connectivity index (χ1n) is 20.5. The summed E-state index contributed by atoms with van der Waals surface area (Å²) in [5, 5.41) is 5.17. The molecule has 2 aliphatic rings. The highest BCUT2D eigenvalue weighted by Gasteiger charge is 2.51. The molecular formula is C56H33N3. The largest absolute Gasteiger partial charge is 0.308 e. The Bertz CT molecular complexity index is 3680. The van der Waals surface area contributed by atoms with Gasteiger partial charge in [-0.2, -0.15) is 0 Å². The second-order valence-corrected chi connectivity index (χ2v) is 16.2. The molecule has 0 bridgehead atoms. The van der Waals surface area contributed by atoms with E-state index in [2.05, 4.69) is 209 Å². The van der Waals surface area contributed by atoms with Crippen LogP contribution in [0.2, 0.25) is 0 Å². The molecule has 272 valence electrons. The summed E-state index contributed by atoms with van der Waals surface area (Å²) in [6.07, 6.45) is 0. The summed E-state index contributed by atoms with van der Waals surface area (Å²) < 4.78 is 4.82. The SMILES string of the molecule is c1cc(-c2ccc3c(c2)c2cccc4c5ccccc5n3c42)cc(-c2nc3ccccc3n2-c2ccc3c(c2)C2(c4ccccc4-c4ccccc42)c2ccccc2-3)c1. The van der Waals surface area contributed by atoms with Gasteiger partial charge >= 0.3 is 0 Å². The van der Waals surface area contributed by atoms with Crippen molar-refractivity contribution in [3.63, 3.8) is 0 Å². The van der Waals surface area contributed by atoms with Crippen LogP contribution in [0.25, 0.3) is 99.6 Å². The Morgan fingerprint density at radius 3 is 1.68 bits per heavy atom. The molecule has 3 heteroatoms. The monoisotopic (exact) mass is 747 g/mol. The molecule has 0 unspecified atom stereocenters. The van der Waals surface area contributed by atoms with Gasteiger partial charge in [-0.3, -0.25) is 4.57 Å². The van der Waals surface area contributed by atoms with E-state index >= 15 is 0 Å². The number of rotatable bonds is 3. The van der Waals surface area contributed by atoms with Gasteiger partial charge in [-0.1, -0.05) is 152 Å². The predicted molar refractivity (Wildman–Crippen MR) is 243 cm³/mol. The lowest BCUT2D eigenvalue weighted by molar-refractivity contribution is 0.792. The van der Waals surface area contributed by atoms with Gasteiger partial charge in [0.25, 0.3) is 0 Å². The Balaban J connectivity index is 0.968. The topological polar surface area (TPSA) is 22.2 Å². The number of hydrogen-bond donors (Lipinski definition) is 0. The molecular weight excluding hydrogens is 715 g/mol. The summed E-state index contributed by atoms with van der Waals surface area (Å²) in [4.78, 5) is 5.38. The number of aromatic nitrogens is 3. The molecule has 0 saturated heterocycles. The minimum Gasteiger partial charge on any atom is -0.308 e. The molecule has 59 heavy (non-hydrogen) atoms. The van der Waals surface area contributed by atoms with Gasteiger partial charge in [-0.15, -0.1) is 0 Å². The van der Waals surface area contributed by atoms with E-state index in [4.69, 9.17) is 4.98 Å².